The first-order valence-corrected chi connectivity index (χ1v) is 7.17. The van der Waals surface area contributed by atoms with Crippen molar-refractivity contribution in [2.45, 2.75) is 69.6 Å². The third-order valence-electron chi connectivity index (χ3n) is 4.17. The van der Waals surface area contributed by atoms with E-state index in [4.69, 9.17) is 4.74 Å². The minimum atomic E-state index is 0.460. The molecule has 0 aromatic carbocycles. The third kappa shape index (κ3) is 5.84. The smallest absolute Gasteiger partial charge is 0.0572 e. The molecule has 102 valence electrons. The number of methoxy groups -OCH3 is 1. The van der Waals surface area contributed by atoms with Gasteiger partial charge in [0.2, 0.25) is 0 Å². The molecule has 0 aromatic heterocycles. The van der Waals surface area contributed by atoms with Crippen LogP contribution in [0.3, 0.4) is 0 Å². The van der Waals surface area contributed by atoms with E-state index in [0.29, 0.717) is 18.2 Å². The van der Waals surface area contributed by atoms with Gasteiger partial charge in [-0.1, -0.05) is 6.42 Å². The Labute approximate surface area is 107 Å². The highest BCUT2D eigenvalue weighted by molar-refractivity contribution is 4.74. The molecule has 3 nitrogen and oxygen atoms in total. The number of ether oxygens (including phenoxy) is 1. The van der Waals surface area contributed by atoms with Crippen LogP contribution < -0.4 is 10.6 Å². The number of hydrogen-bond acceptors (Lipinski definition) is 3. The summed E-state index contributed by atoms with van der Waals surface area (Å²) < 4.78 is 5.58. The Bertz CT molecular complexity index is 169. The van der Waals surface area contributed by atoms with Crippen molar-refractivity contribution >= 4 is 0 Å². The molecule has 2 N–H and O–H groups in total. The van der Waals surface area contributed by atoms with E-state index in [1.54, 1.807) is 0 Å². The summed E-state index contributed by atoms with van der Waals surface area (Å²) in [6.45, 7) is 0. The van der Waals surface area contributed by atoms with Crippen molar-refractivity contribution < 1.29 is 4.74 Å². The Morgan fingerprint density at radius 3 is 1.82 bits per heavy atom. The predicted molar refractivity (Wildman–Crippen MR) is 73.4 cm³/mol. The van der Waals surface area contributed by atoms with Crippen LogP contribution in [0, 0.1) is 0 Å². The SMILES string of the molecule is CNC1CCCC(NC)CCC(OC)CCC1. The van der Waals surface area contributed by atoms with Gasteiger partial charge in [0.1, 0.15) is 0 Å². The second-order valence-electron chi connectivity index (χ2n) is 5.27. The summed E-state index contributed by atoms with van der Waals surface area (Å²) in [5.74, 6) is 0. The van der Waals surface area contributed by atoms with Crippen LogP contribution in [0.2, 0.25) is 0 Å². The molecule has 1 aliphatic carbocycles. The van der Waals surface area contributed by atoms with Crippen LogP contribution >= 0.6 is 0 Å². The van der Waals surface area contributed by atoms with Crippen LogP contribution in [0.25, 0.3) is 0 Å². The fourth-order valence-electron chi connectivity index (χ4n) is 2.84. The monoisotopic (exact) mass is 242 g/mol. The molecule has 0 heterocycles. The molecule has 0 spiro atoms. The van der Waals surface area contributed by atoms with Gasteiger partial charge in [0.15, 0.2) is 0 Å². The van der Waals surface area contributed by atoms with Crippen LogP contribution in [-0.4, -0.2) is 39.4 Å². The highest BCUT2D eigenvalue weighted by Gasteiger charge is 2.16. The second-order valence-corrected chi connectivity index (χ2v) is 5.27. The van der Waals surface area contributed by atoms with Gasteiger partial charge in [-0.05, 0) is 59.0 Å². The molecule has 0 amide bonds. The standard InChI is InChI=1S/C14H30N2O/c1-15-12-6-4-7-13(16-2)10-11-14(17-3)9-5-8-12/h12-16H,4-11H2,1-3H3. The molecular weight excluding hydrogens is 212 g/mol. The minimum absolute atomic E-state index is 0.460. The number of rotatable bonds is 3. The molecule has 0 aliphatic heterocycles. The van der Waals surface area contributed by atoms with Gasteiger partial charge in [0.25, 0.3) is 0 Å². The molecule has 3 unspecified atom stereocenters. The zero-order valence-electron chi connectivity index (χ0n) is 11.8. The summed E-state index contributed by atoms with van der Waals surface area (Å²) >= 11 is 0. The number of nitrogens with one attached hydrogen (secondary N) is 2. The largest absolute Gasteiger partial charge is 0.381 e. The van der Waals surface area contributed by atoms with Crippen LogP contribution in [0.5, 0.6) is 0 Å². The molecule has 1 fully saturated rings. The van der Waals surface area contributed by atoms with Crippen molar-refractivity contribution in [3.63, 3.8) is 0 Å². The van der Waals surface area contributed by atoms with E-state index < -0.39 is 0 Å². The zero-order valence-corrected chi connectivity index (χ0v) is 11.8. The van der Waals surface area contributed by atoms with Gasteiger partial charge in [0, 0.05) is 19.2 Å². The van der Waals surface area contributed by atoms with Gasteiger partial charge in [-0.15, -0.1) is 0 Å². The first kappa shape index (κ1) is 14.9. The lowest BCUT2D eigenvalue weighted by molar-refractivity contribution is 0.0812. The lowest BCUT2D eigenvalue weighted by atomic mass is 10.0. The van der Waals surface area contributed by atoms with Crippen LogP contribution in [0.4, 0.5) is 0 Å². The predicted octanol–water partition coefficient (Wildman–Crippen LogP) is 2.31. The van der Waals surface area contributed by atoms with E-state index in [-0.39, 0.29) is 0 Å². The van der Waals surface area contributed by atoms with E-state index in [0.717, 1.165) is 0 Å². The molecule has 1 saturated carbocycles. The Hall–Kier alpha value is -0.120. The van der Waals surface area contributed by atoms with Crippen LogP contribution in [-0.2, 0) is 4.74 Å². The minimum Gasteiger partial charge on any atom is -0.381 e. The van der Waals surface area contributed by atoms with E-state index in [2.05, 4.69) is 24.7 Å². The average molecular weight is 242 g/mol. The zero-order chi connectivity index (χ0) is 12.5. The molecule has 3 atom stereocenters. The second kappa shape index (κ2) is 8.90. The van der Waals surface area contributed by atoms with E-state index >= 15 is 0 Å². The van der Waals surface area contributed by atoms with E-state index in [1.165, 1.54) is 51.4 Å². The van der Waals surface area contributed by atoms with Crippen LogP contribution in [0.1, 0.15) is 51.4 Å². The molecular formula is C14H30N2O. The molecule has 0 aromatic rings. The summed E-state index contributed by atoms with van der Waals surface area (Å²) in [5.41, 5.74) is 0. The van der Waals surface area contributed by atoms with E-state index in [1.807, 2.05) is 7.11 Å². The summed E-state index contributed by atoms with van der Waals surface area (Å²) in [6.07, 6.45) is 10.6. The Morgan fingerprint density at radius 1 is 0.765 bits per heavy atom. The highest BCUT2D eigenvalue weighted by atomic mass is 16.5. The first-order chi connectivity index (χ1) is 8.30. The molecule has 0 saturated heterocycles. The van der Waals surface area contributed by atoms with Crippen molar-refractivity contribution in [2.75, 3.05) is 21.2 Å². The molecule has 1 aliphatic rings. The van der Waals surface area contributed by atoms with Crippen molar-refractivity contribution in [3.05, 3.63) is 0 Å². The summed E-state index contributed by atoms with van der Waals surface area (Å²) in [6, 6.07) is 1.37. The number of hydrogen-bond donors (Lipinski definition) is 2. The Kier molecular flexibility index (Phi) is 7.82. The fraction of sp³-hybridized carbons (Fsp3) is 1.00. The van der Waals surface area contributed by atoms with Gasteiger partial charge in [-0.2, -0.15) is 0 Å². The van der Waals surface area contributed by atoms with Crippen molar-refractivity contribution in [1.82, 2.24) is 10.6 Å². The quantitative estimate of drug-likeness (QED) is 0.797. The van der Waals surface area contributed by atoms with E-state index in [9.17, 15) is 0 Å². The Balaban J connectivity index is 2.46. The first-order valence-electron chi connectivity index (χ1n) is 7.17. The van der Waals surface area contributed by atoms with Gasteiger partial charge in [-0.3, -0.25) is 0 Å². The van der Waals surface area contributed by atoms with Crippen LogP contribution in [0.15, 0.2) is 0 Å². The lowest BCUT2D eigenvalue weighted by Gasteiger charge is -2.19. The maximum atomic E-state index is 5.58. The average Bonchev–Trinajstić information content (AvgIpc) is 2.41. The van der Waals surface area contributed by atoms with Gasteiger partial charge < -0.3 is 15.4 Å². The maximum absolute atomic E-state index is 5.58. The van der Waals surface area contributed by atoms with Crippen molar-refractivity contribution in [2.24, 2.45) is 0 Å². The van der Waals surface area contributed by atoms with Crippen molar-refractivity contribution in [1.29, 1.82) is 0 Å². The van der Waals surface area contributed by atoms with Gasteiger partial charge in [0.05, 0.1) is 6.10 Å². The molecule has 1 rings (SSSR count). The topological polar surface area (TPSA) is 33.3 Å². The Morgan fingerprint density at radius 2 is 1.29 bits per heavy atom. The summed E-state index contributed by atoms with van der Waals surface area (Å²) in [5, 5.41) is 6.89. The van der Waals surface area contributed by atoms with Gasteiger partial charge >= 0.3 is 0 Å². The molecule has 0 radical (unpaired) electrons. The summed E-state index contributed by atoms with van der Waals surface area (Å²) in [7, 11) is 6.03. The lowest BCUT2D eigenvalue weighted by Crippen LogP contribution is -2.28. The van der Waals surface area contributed by atoms with Gasteiger partial charge in [-0.25, -0.2) is 0 Å². The normalized spacial score (nSPS) is 33.0. The fourth-order valence-corrected chi connectivity index (χ4v) is 2.84. The maximum Gasteiger partial charge on any atom is 0.0572 e. The molecule has 0 bridgehead atoms. The molecule has 17 heavy (non-hydrogen) atoms. The molecule has 3 heteroatoms. The summed E-state index contributed by atoms with van der Waals surface area (Å²) in [4.78, 5) is 0. The highest BCUT2D eigenvalue weighted by Crippen LogP contribution is 2.19. The third-order valence-corrected chi connectivity index (χ3v) is 4.17. The van der Waals surface area contributed by atoms with Crippen molar-refractivity contribution in [3.8, 4) is 0 Å².